The van der Waals surface area contributed by atoms with Gasteiger partial charge in [-0.05, 0) is 48.0 Å². The minimum Gasteiger partial charge on any atom is -0.478 e. The summed E-state index contributed by atoms with van der Waals surface area (Å²) in [4.78, 5) is 12.9. The van der Waals surface area contributed by atoms with Gasteiger partial charge in [0.1, 0.15) is 0 Å². The number of anilines is 1. The van der Waals surface area contributed by atoms with Crippen LogP contribution in [-0.2, 0) is 4.74 Å². The van der Waals surface area contributed by atoms with Crippen molar-refractivity contribution in [2.45, 2.75) is 20.0 Å². The fourth-order valence-electron chi connectivity index (χ4n) is 1.50. The summed E-state index contributed by atoms with van der Waals surface area (Å²) < 4.78 is 6.26. The molecule has 0 spiro atoms. The molecular weight excluding hydrogens is 298 g/mol. The predicted molar refractivity (Wildman–Crippen MR) is 75.5 cm³/mol. The van der Waals surface area contributed by atoms with E-state index in [9.17, 15) is 4.79 Å². The number of halogens is 1. The van der Waals surface area contributed by atoms with Crippen LogP contribution < -0.4 is 4.90 Å². The fraction of sp³-hybridized carbons (Fsp3) is 0.462. The molecule has 0 aliphatic rings. The van der Waals surface area contributed by atoms with Gasteiger partial charge in [-0.25, -0.2) is 4.79 Å². The van der Waals surface area contributed by atoms with Crippen LogP contribution >= 0.6 is 15.9 Å². The van der Waals surface area contributed by atoms with Crippen molar-refractivity contribution in [1.82, 2.24) is 0 Å². The molecule has 0 fully saturated rings. The Hall–Kier alpha value is -1.07. The smallest absolute Gasteiger partial charge is 0.335 e. The van der Waals surface area contributed by atoms with Crippen LogP contribution in [0, 0.1) is 0 Å². The zero-order valence-corrected chi connectivity index (χ0v) is 12.4. The van der Waals surface area contributed by atoms with Crippen LogP contribution in [0.25, 0.3) is 0 Å². The number of hydrogen-bond donors (Lipinski definition) is 1. The highest BCUT2D eigenvalue weighted by Crippen LogP contribution is 2.26. The maximum atomic E-state index is 10.8. The van der Waals surface area contributed by atoms with Crippen LogP contribution in [0.2, 0.25) is 0 Å². The lowest BCUT2D eigenvalue weighted by Gasteiger charge is -2.21. The van der Waals surface area contributed by atoms with E-state index in [4.69, 9.17) is 9.84 Å². The second kappa shape index (κ2) is 6.75. The Kier molecular flexibility index (Phi) is 5.62. The number of ether oxygens (including phenoxy) is 1. The Balaban J connectivity index is 2.68. The van der Waals surface area contributed by atoms with Crippen molar-refractivity contribution in [3.63, 3.8) is 0 Å². The second-order valence-electron chi connectivity index (χ2n) is 4.31. The number of hydrogen-bond acceptors (Lipinski definition) is 3. The summed E-state index contributed by atoms with van der Waals surface area (Å²) in [6, 6.07) is 5.00. The van der Waals surface area contributed by atoms with E-state index in [1.807, 2.05) is 25.8 Å². The van der Waals surface area contributed by atoms with Crippen LogP contribution in [0.4, 0.5) is 5.69 Å². The van der Waals surface area contributed by atoms with Gasteiger partial charge in [0.15, 0.2) is 0 Å². The normalized spacial score (nSPS) is 10.7. The van der Waals surface area contributed by atoms with Crippen molar-refractivity contribution in [2.24, 2.45) is 0 Å². The first-order chi connectivity index (χ1) is 8.41. The van der Waals surface area contributed by atoms with E-state index < -0.39 is 5.97 Å². The van der Waals surface area contributed by atoms with Crippen LogP contribution in [-0.4, -0.2) is 37.4 Å². The number of benzene rings is 1. The molecule has 5 heteroatoms. The quantitative estimate of drug-likeness (QED) is 0.876. The molecule has 100 valence electrons. The van der Waals surface area contributed by atoms with E-state index in [1.165, 1.54) is 0 Å². The first-order valence-corrected chi connectivity index (χ1v) is 6.56. The molecule has 1 rings (SSSR count). The van der Waals surface area contributed by atoms with Crippen LogP contribution in [0.3, 0.4) is 0 Å². The number of carboxylic acids is 1. The van der Waals surface area contributed by atoms with Gasteiger partial charge in [-0.2, -0.15) is 0 Å². The SMILES string of the molecule is CC(C)OCCN(C)c1ccc(C(=O)O)cc1Br. The third kappa shape index (κ3) is 4.31. The average Bonchev–Trinajstić information content (AvgIpc) is 2.27. The molecule has 0 aliphatic carbocycles. The summed E-state index contributed by atoms with van der Waals surface area (Å²) in [6.45, 7) is 5.39. The van der Waals surface area contributed by atoms with E-state index in [0.29, 0.717) is 6.61 Å². The highest BCUT2D eigenvalue weighted by Gasteiger charge is 2.09. The van der Waals surface area contributed by atoms with Gasteiger partial charge >= 0.3 is 5.97 Å². The fourth-order valence-corrected chi connectivity index (χ4v) is 2.18. The van der Waals surface area contributed by atoms with Crippen molar-refractivity contribution < 1.29 is 14.6 Å². The lowest BCUT2D eigenvalue weighted by atomic mass is 10.2. The highest BCUT2D eigenvalue weighted by atomic mass is 79.9. The van der Waals surface area contributed by atoms with E-state index in [0.717, 1.165) is 16.7 Å². The molecule has 1 N–H and O–H groups in total. The van der Waals surface area contributed by atoms with E-state index in [2.05, 4.69) is 15.9 Å². The third-order valence-electron chi connectivity index (χ3n) is 2.48. The second-order valence-corrected chi connectivity index (χ2v) is 5.17. The van der Waals surface area contributed by atoms with Gasteiger partial charge in [-0.15, -0.1) is 0 Å². The Morgan fingerprint density at radius 3 is 2.67 bits per heavy atom. The maximum Gasteiger partial charge on any atom is 0.335 e. The van der Waals surface area contributed by atoms with Crippen molar-refractivity contribution in [3.05, 3.63) is 28.2 Å². The summed E-state index contributed by atoms with van der Waals surface area (Å²) in [7, 11) is 1.95. The van der Waals surface area contributed by atoms with Crippen molar-refractivity contribution in [2.75, 3.05) is 25.1 Å². The largest absolute Gasteiger partial charge is 0.478 e. The Bertz CT molecular complexity index is 421. The molecule has 18 heavy (non-hydrogen) atoms. The zero-order valence-electron chi connectivity index (χ0n) is 10.8. The molecule has 0 radical (unpaired) electrons. The summed E-state index contributed by atoms with van der Waals surface area (Å²) >= 11 is 3.39. The molecule has 0 amide bonds. The maximum absolute atomic E-state index is 10.8. The molecule has 0 saturated carbocycles. The molecule has 0 heterocycles. The molecule has 0 saturated heterocycles. The molecule has 4 nitrogen and oxygen atoms in total. The van der Waals surface area contributed by atoms with Gasteiger partial charge in [0.25, 0.3) is 0 Å². The zero-order chi connectivity index (χ0) is 13.7. The molecule has 0 unspecified atom stereocenters. The van der Waals surface area contributed by atoms with Gasteiger partial charge in [-0.3, -0.25) is 0 Å². The monoisotopic (exact) mass is 315 g/mol. The van der Waals surface area contributed by atoms with Gasteiger partial charge in [0, 0.05) is 18.1 Å². The Labute approximate surface area is 116 Å². The summed E-state index contributed by atoms with van der Waals surface area (Å²) in [5, 5.41) is 8.89. The molecular formula is C13H18BrNO3. The van der Waals surface area contributed by atoms with Crippen molar-refractivity contribution >= 4 is 27.6 Å². The van der Waals surface area contributed by atoms with E-state index in [1.54, 1.807) is 18.2 Å². The number of rotatable bonds is 6. The van der Waals surface area contributed by atoms with Gasteiger partial charge < -0.3 is 14.7 Å². The standard InChI is InChI=1S/C13H18BrNO3/c1-9(2)18-7-6-15(3)12-5-4-10(13(16)17)8-11(12)14/h4-5,8-9H,6-7H2,1-3H3,(H,16,17). The van der Waals surface area contributed by atoms with Gasteiger partial charge in [0.2, 0.25) is 0 Å². The Morgan fingerprint density at radius 2 is 2.17 bits per heavy atom. The number of aromatic carboxylic acids is 1. The molecule has 1 aromatic carbocycles. The number of likely N-dealkylation sites (N-methyl/N-ethyl adjacent to an activating group) is 1. The third-order valence-corrected chi connectivity index (χ3v) is 3.12. The lowest BCUT2D eigenvalue weighted by Crippen LogP contribution is -2.24. The molecule has 1 aromatic rings. The lowest BCUT2D eigenvalue weighted by molar-refractivity contribution is 0.0696. The topological polar surface area (TPSA) is 49.8 Å². The first-order valence-electron chi connectivity index (χ1n) is 5.77. The van der Waals surface area contributed by atoms with E-state index >= 15 is 0 Å². The summed E-state index contributed by atoms with van der Waals surface area (Å²) in [6.07, 6.45) is 0.219. The summed E-state index contributed by atoms with van der Waals surface area (Å²) in [5.74, 6) is -0.923. The number of nitrogens with zero attached hydrogens (tertiary/aromatic N) is 1. The minimum absolute atomic E-state index is 0.219. The Morgan fingerprint density at radius 1 is 1.50 bits per heavy atom. The average molecular weight is 316 g/mol. The first kappa shape index (κ1) is 15.0. The van der Waals surface area contributed by atoms with Crippen molar-refractivity contribution in [1.29, 1.82) is 0 Å². The van der Waals surface area contributed by atoms with Crippen LogP contribution in [0.5, 0.6) is 0 Å². The minimum atomic E-state index is -0.923. The molecule has 0 aromatic heterocycles. The molecule has 0 aliphatic heterocycles. The highest BCUT2D eigenvalue weighted by molar-refractivity contribution is 9.10. The molecule has 0 bridgehead atoms. The van der Waals surface area contributed by atoms with Crippen LogP contribution in [0.15, 0.2) is 22.7 Å². The van der Waals surface area contributed by atoms with Gasteiger partial charge in [-0.1, -0.05) is 0 Å². The summed E-state index contributed by atoms with van der Waals surface area (Å²) in [5.41, 5.74) is 1.23. The van der Waals surface area contributed by atoms with Crippen molar-refractivity contribution in [3.8, 4) is 0 Å². The molecule has 0 atom stereocenters. The van der Waals surface area contributed by atoms with Gasteiger partial charge in [0.05, 0.1) is 24.0 Å². The predicted octanol–water partition coefficient (Wildman–Crippen LogP) is 3.01. The van der Waals surface area contributed by atoms with Crippen LogP contribution in [0.1, 0.15) is 24.2 Å². The number of carbonyl (C=O) groups is 1. The number of carboxylic acid groups (broad SMARTS) is 1. The van der Waals surface area contributed by atoms with E-state index in [-0.39, 0.29) is 11.7 Å².